The van der Waals surface area contributed by atoms with Gasteiger partial charge in [-0.15, -0.1) is 0 Å². The molecule has 0 bridgehead atoms. The van der Waals surface area contributed by atoms with Gasteiger partial charge in [-0.1, -0.05) is 19.3 Å². The lowest BCUT2D eigenvalue weighted by molar-refractivity contribution is 0.0694. The molecular weight excluding hydrogens is 444 g/mol. The van der Waals surface area contributed by atoms with Gasteiger partial charge in [0.1, 0.15) is 0 Å². The second kappa shape index (κ2) is 8.52. The number of aryl methyl sites for hydroxylation is 1. The zero-order valence-electron chi connectivity index (χ0n) is 19.3. The Bertz CT molecular complexity index is 1220. The summed E-state index contributed by atoms with van der Waals surface area (Å²) in [6, 6.07) is 1.82. The predicted molar refractivity (Wildman–Crippen MR) is 124 cm³/mol. The van der Waals surface area contributed by atoms with E-state index in [2.05, 4.69) is 10.1 Å². The van der Waals surface area contributed by atoms with Gasteiger partial charge in [-0.25, -0.2) is 4.98 Å². The molecule has 1 aliphatic heterocycles. The van der Waals surface area contributed by atoms with Gasteiger partial charge >= 0.3 is 0 Å². The second-order valence-corrected chi connectivity index (χ2v) is 11.6. The van der Waals surface area contributed by atoms with E-state index < -0.39 is 10.2 Å². The van der Waals surface area contributed by atoms with Gasteiger partial charge in [0.2, 0.25) is 0 Å². The van der Waals surface area contributed by atoms with Crippen molar-refractivity contribution in [1.82, 2.24) is 28.3 Å². The predicted octanol–water partition coefficient (Wildman–Crippen LogP) is 1.41. The van der Waals surface area contributed by atoms with Crippen LogP contribution in [0.3, 0.4) is 0 Å². The molecule has 11 heteroatoms. The van der Waals surface area contributed by atoms with Crippen LogP contribution in [-0.2, 0) is 17.3 Å². The van der Waals surface area contributed by atoms with Crippen molar-refractivity contribution in [3.8, 4) is 0 Å². The summed E-state index contributed by atoms with van der Waals surface area (Å²) in [4.78, 5) is 32.3. The maximum atomic E-state index is 13.5. The average molecular weight is 477 g/mol. The molecule has 0 radical (unpaired) electrons. The van der Waals surface area contributed by atoms with E-state index in [9.17, 15) is 18.0 Å². The highest BCUT2D eigenvalue weighted by Crippen LogP contribution is 2.40. The number of fused-ring (bicyclic) bond motifs is 1. The van der Waals surface area contributed by atoms with Crippen LogP contribution < -0.4 is 5.56 Å². The third kappa shape index (κ3) is 4.10. The van der Waals surface area contributed by atoms with Gasteiger partial charge < -0.3 is 4.90 Å². The molecule has 3 heterocycles. The van der Waals surface area contributed by atoms with Crippen molar-refractivity contribution in [3.63, 3.8) is 0 Å². The molecule has 3 aliphatic rings. The van der Waals surface area contributed by atoms with Crippen LogP contribution in [-0.4, -0.2) is 81.9 Å². The molecule has 5 rings (SSSR count). The number of hydrogen-bond acceptors (Lipinski definition) is 5. The number of H-pyrrole nitrogens is 1. The maximum Gasteiger partial charge on any atom is 0.282 e. The van der Waals surface area contributed by atoms with E-state index in [1.54, 1.807) is 29.7 Å². The van der Waals surface area contributed by atoms with Crippen molar-refractivity contribution in [2.75, 3.05) is 33.2 Å². The highest BCUT2D eigenvalue weighted by Gasteiger charge is 2.36. The third-order valence-electron chi connectivity index (χ3n) is 7.37. The number of piperazine rings is 1. The monoisotopic (exact) mass is 476 g/mol. The summed E-state index contributed by atoms with van der Waals surface area (Å²) in [6.45, 7) is 1.09. The van der Waals surface area contributed by atoms with Crippen molar-refractivity contribution >= 4 is 27.1 Å². The van der Waals surface area contributed by atoms with E-state index in [-0.39, 0.29) is 30.6 Å². The number of carbonyl (C=O) groups is 1. The molecular formula is C22H32N6O4S. The highest BCUT2D eigenvalue weighted by molar-refractivity contribution is 7.86. The fourth-order valence-electron chi connectivity index (χ4n) is 5.14. The Morgan fingerprint density at radius 2 is 1.76 bits per heavy atom. The Balaban J connectivity index is 1.34. The summed E-state index contributed by atoms with van der Waals surface area (Å²) in [5, 5.41) is 3.01. The molecule has 1 amide bonds. The second-order valence-electron chi connectivity index (χ2n) is 9.57. The fourth-order valence-corrected chi connectivity index (χ4v) is 6.72. The van der Waals surface area contributed by atoms with Crippen molar-refractivity contribution in [3.05, 3.63) is 27.7 Å². The number of pyridine rings is 1. The van der Waals surface area contributed by atoms with Gasteiger partial charge in [0.05, 0.1) is 10.9 Å². The van der Waals surface area contributed by atoms with Crippen LogP contribution >= 0.6 is 0 Å². The van der Waals surface area contributed by atoms with Gasteiger partial charge in [-0.05, 0) is 31.7 Å². The summed E-state index contributed by atoms with van der Waals surface area (Å²) in [6.07, 6.45) is 7.18. The number of nitrogens with one attached hydrogen (secondary N) is 1. The summed E-state index contributed by atoms with van der Waals surface area (Å²) in [7, 11) is -0.168. The van der Waals surface area contributed by atoms with Gasteiger partial charge in [-0.3, -0.25) is 19.4 Å². The number of hydrogen-bond donors (Lipinski definition) is 1. The topological polar surface area (TPSA) is 112 Å². The van der Waals surface area contributed by atoms with Gasteiger partial charge in [0.15, 0.2) is 5.65 Å². The van der Waals surface area contributed by atoms with Crippen LogP contribution in [0.25, 0.3) is 11.0 Å². The standard InChI is InChI=1S/C22H32N6O4S/c1-25-20-19(21(29)24-25)17(14-18(23-20)15-8-9-15)22(30)27-10-12-28(13-11-27)33(31,32)26(2)16-6-4-3-5-7-16/h14-16H,3-13H2,1-2H3,(H,24,29). The van der Waals surface area contributed by atoms with E-state index in [1.807, 2.05) is 0 Å². The number of rotatable bonds is 5. The fraction of sp³-hybridized carbons (Fsp3) is 0.682. The molecule has 2 saturated carbocycles. The number of aromatic amines is 1. The SMILES string of the molecule is CN(C1CCCCC1)S(=O)(=O)N1CCN(C(=O)c2cc(C3CC3)nc3c2c(=O)[nH]n3C)CC1. The van der Waals surface area contributed by atoms with Gasteiger partial charge in [0.25, 0.3) is 21.7 Å². The number of amides is 1. The first kappa shape index (κ1) is 22.5. The first-order valence-corrected chi connectivity index (χ1v) is 13.3. The number of carbonyl (C=O) groups excluding carboxylic acids is 1. The highest BCUT2D eigenvalue weighted by atomic mass is 32.2. The molecule has 0 unspecified atom stereocenters. The van der Waals surface area contributed by atoms with Crippen LogP contribution in [0.15, 0.2) is 10.9 Å². The van der Waals surface area contributed by atoms with E-state index in [0.29, 0.717) is 35.6 Å². The number of aromatic nitrogens is 3. The largest absolute Gasteiger partial charge is 0.336 e. The first-order valence-electron chi connectivity index (χ1n) is 11.9. The summed E-state index contributed by atoms with van der Waals surface area (Å²) in [5.74, 6) is 0.0990. The van der Waals surface area contributed by atoms with Crippen LogP contribution in [0.2, 0.25) is 0 Å². The summed E-state index contributed by atoms with van der Waals surface area (Å²) >= 11 is 0. The molecule has 1 saturated heterocycles. The summed E-state index contributed by atoms with van der Waals surface area (Å²) < 4.78 is 30.9. The Hall–Kier alpha value is -2.24. The molecule has 2 aromatic rings. The lowest BCUT2D eigenvalue weighted by Crippen LogP contribution is -2.55. The minimum Gasteiger partial charge on any atom is -0.336 e. The molecule has 0 aromatic carbocycles. The quantitative estimate of drug-likeness (QED) is 0.701. The molecule has 1 N–H and O–H groups in total. The van der Waals surface area contributed by atoms with Crippen LogP contribution in [0, 0.1) is 0 Å². The van der Waals surface area contributed by atoms with Crippen molar-refractivity contribution in [1.29, 1.82) is 0 Å². The minimum atomic E-state index is -3.56. The zero-order chi connectivity index (χ0) is 23.3. The molecule has 2 aromatic heterocycles. The van der Waals surface area contributed by atoms with Crippen molar-refractivity contribution < 1.29 is 13.2 Å². The van der Waals surface area contributed by atoms with Crippen molar-refractivity contribution in [2.45, 2.75) is 56.9 Å². The molecule has 180 valence electrons. The maximum absolute atomic E-state index is 13.5. The molecule has 0 atom stereocenters. The summed E-state index contributed by atoms with van der Waals surface area (Å²) in [5.41, 5.74) is 1.36. The average Bonchev–Trinajstić information content (AvgIpc) is 3.64. The van der Waals surface area contributed by atoms with E-state index in [1.165, 1.54) is 15.0 Å². The zero-order valence-corrected chi connectivity index (χ0v) is 20.1. The Labute approximate surface area is 193 Å². The van der Waals surface area contributed by atoms with Gasteiger partial charge in [0, 0.05) is 57.9 Å². The minimum absolute atomic E-state index is 0.0548. The smallest absolute Gasteiger partial charge is 0.282 e. The van der Waals surface area contributed by atoms with Crippen molar-refractivity contribution in [2.24, 2.45) is 7.05 Å². The first-order chi connectivity index (χ1) is 15.8. The molecule has 33 heavy (non-hydrogen) atoms. The lowest BCUT2D eigenvalue weighted by Gasteiger charge is -2.38. The third-order valence-corrected chi connectivity index (χ3v) is 9.41. The van der Waals surface area contributed by atoms with Crippen LogP contribution in [0.5, 0.6) is 0 Å². The normalized spacial score (nSPS) is 21.2. The van der Waals surface area contributed by atoms with E-state index in [4.69, 9.17) is 0 Å². The molecule has 0 spiro atoms. The molecule has 2 aliphatic carbocycles. The van der Waals surface area contributed by atoms with Crippen LogP contribution in [0.4, 0.5) is 0 Å². The van der Waals surface area contributed by atoms with Gasteiger partial charge in [-0.2, -0.15) is 17.0 Å². The Kier molecular flexibility index (Phi) is 5.82. The molecule has 3 fully saturated rings. The van der Waals surface area contributed by atoms with Crippen LogP contribution in [0.1, 0.15) is 66.9 Å². The Morgan fingerprint density at radius 3 is 2.39 bits per heavy atom. The number of nitrogens with zero attached hydrogens (tertiary/aromatic N) is 5. The lowest BCUT2D eigenvalue weighted by atomic mass is 9.96. The Morgan fingerprint density at radius 1 is 1.09 bits per heavy atom. The van der Waals surface area contributed by atoms with E-state index >= 15 is 0 Å². The molecule has 10 nitrogen and oxygen atoms in total. The van der Waals surface area contributed by atoms with E-state index in [0.717, 1.165) is 44.2 Å².